The summed E-state index contributed by atoms with van der Waals surface area (Å²) < 4.78 is 2.24. The van der Waals surface area contributed by atoms with Crippen LogP contribution in [0.2, 0.25) is 0 Å². The van der Waals surface area contributed by atoms with E-state index in [0.717, 1.165) is 29.6 Å². The number of aryl methyl sites for hydroxylation is 2. The Balaban J connectivity index is 1.58. The highest BCUT2D eigenvalue weighted by Gasteiger charge is 2.38. The molecular weight excluding hydrogens is 376 g/mol. The Morgan fingerprint density at radius 2 is 1.97 bits per heavy atom. The van der Waals surface area contributed by atoms with Crippen LogP contribution in [-0.4, -0.2) is 33.4 Å². The van der Waals surface area contributed by atoms with Gasteiger partial charge in [-0.25, -0.2) is 0 Å². The fraction of sp³-hybridized carbons (Fsp3) is 0.375. The second-order valence-electron chi connectivity index (χ2n) is 8.16. The van der Waals surface area contributed by atoms with Crippen molar-refractivity contribution in [1.82, 2.24) is 20.2 Å². The molecule has 0 saturated carbocycles. The Morgan fingerprint density at radius 1 is 1.13 bits per heavy atom. The highest BCUT2D eigenvalue weighted by atomic mass is 16.2. The normalized spacial score (nSPS) is 20.1. The van der Waals surface area contributed by atoms with Crippen molar-refractivity contribution in [2.75, 3.05) is 0 Å². The van der Waals surface area contributed by atoms with E-state index < -0.39 is 12.1 Å². The molecule has 3 atom stereocenters. The molecule has 4 rings (SSSR count). The van der Waals surface area contributed by atoms with Gasteiger partial charge in [0, 0.05) is 47.9 Å². The van der Waals surface area contributed by atoms with Gasteiger partial charge in [0.2, 0.25) is 11.8 Å². The molecule has 0 bridgehead atoms. The van der Waals surface area contributed by atoms with E-state index >= 15 is 0 Å². The molecule has 6 nitrogen and oxygen atoms in total. The van der Waals surface area contributed by atoms with Gasteiger partial charge in [-0.1, -0.05) is 31.5 Å². The highest BCUT2D eigenvalue weighted by molar-refractivity contribution is 5.98. The molecule has 1 aliphatic heterocycles. The fourth-order valence-electron chi connectivity index (χ4n) is 4.28. The third-order valence-corrected chi connectivity index (χ3v) is 5.88. The lowest BCUT2D eigenvalue weighted by Gasteiger charge is -2.32. The first kappa shape index (κ1) is 20.1. The summed E-state index contributed by atoms with van der Waals surface area (Å²) in [6.07, 6.45) is 5.24. The molecule has 1 fully saturated rings. The molecule has 3 aromatic rings. The monoisotopic (exact) mass is 404 g/mol. The van der Waals surface area contributed by atoms with Crippen molar-refractivity contribution in [2.45, 2.75) is 58.2 Å². The van der Waals surface area contributed by atoms with Crippen LogP contribution in [0.1, 0.15) is 43.0 Å². The van der Waals surface area contributed by atoms with Crippen molar-refractivity contribution in [3.05, 3.63) is 65.6 Å². The summed E-state index contributed by atoms with van der Waals surface area (Å²) in [4.78, 5) is 30.0. The maximum atomic E-state index is 12.9. The van der Waals surface area contributed by atoms with Crippen molar-refractivity contribution >= 4 is 22.7 Å². The van der Waals surface area contributed by atoms with E-state index in [2.05, 4.69) is 58.4 Å². The van der Waals surface area contributed by atoms with Crippen molar-refractivity contribution in [3.63, 3.8) is 0 Å². The SMILES string of the molecule is CCCn1cc([C@@H](C)[C@H]2NC(=O)[C@@H](Cc3ccccn3)NC2=O)c2cc(C)ccc21. The molecule has 2 aromatic heterocycles. The third kappa shape index (κ3) is 3.82. The average molecular weight is 405 g/mol. The lowest BCUT2D eigenvalue weighted by Crippen LogP contribution is -2.63. The molecule has 6 heteroatoms. The summed E-state index contributed by atoms with van der Waals surface area (Å²) in [5.74, 6) is -0.454. The van der Waals surface area contributed by atoms with Crippen LogP contribution in [0.4, 0.5) is 0 Å². The molecular formula is C24H28N4O2. The third-order valence-electron chi connectivity index (χ3n) is 5.88. The molecule has 1 saturated heterocycles. The summed E-state index contributed by atoms with van der Waals surface area (Å²) in [7, 11) is 0. The van der Waals surface area contributed by atoms with Crippen LogP contribution in [0, 0.1) is 6.92 Å². The van der Waals surface area contributed by atoms with Gasteiger partial charge in [-0.3, -0.25) is 14.6 Å². The summed E-state index contributed by atoms with van der Waals surface area (Å²) in [6, 6.07) is 10.8. The fourth-order valence-corrected chi connectivity index (χ4v) is 4.28. The molecule has 0 spiro atoms. The number of aromatic nitrogens is 2. The van der Waals surface area contributed by atoms with Crippen LogP contribution >= 0.6 is 0 Å². The first-order valence-electron chi connectivity index (χ1n) is 10.6. The number of pyridine rings is 1. The van der Waals surface area contributed by atoms with Gasteiger partial charge in [0.05, 0.1) is 0 Å². The van der Waals surface area contributed by atoms with E-state index in [0.29, 0.717) is 6.42 Å². The molecule has 1 aromatic carbocycles. The Hall–Kier alpha value is -3.15. The number of piperazine rings is 1. The Kier molecular flexibility index (Phi) is 5.57. The lowest BCUT2D eigenvalue weighted by atomic mass is 9.89. The molecule has 0 radical (unpaired) electrons. The molecule has 2 N–H and O–H groups in total. The van der Waals surface area contributed by atoms with Crippen LogP contribution in [0.5, 0.6) is 0 Å². The first-order valence-corrected chi connectivity index (χ1v) is 10.6. The maximum absolute atomic E-state index is 12.9. The smallest absolute Gasteiger partial charge is 0.243 e. The van der Waals surface area contributed by atoms with Gasteiger partial charge in [0.25, 0.3) is 0 Å². The highest BCUT2D eigenvalue weighted by Crippen LogP contribution is 2.31. The summed E-state index contributed by atoms with van der Waals surface area (Å²) in [5, 5.41) is 7.02. The number of carbonyl (C=O) groups excluding carboxylic acids is 2. The lowest BCUT2D eigenvalue weighted by molar-refractivity contribution is -0.137. The zero-order valence-electron chi connectivity index (χ0n) is 17.7. The quantitative estimate of drug-likeness (QED) is 0.663. The van der Waals surface area contributed by atoms with Crippen molar-refractivity contribution in [3.8, 4) is 0 Å². The van der Waals surface area contributed by atoms with E-state index in [4.69, 9.17) is 0 Å². The Bertz CT molecular complexity index is 1070. The van der Waals surface area contributed by atoms with Gasteiger partial charge in [0.15, 0.2) is 0 Å². The summed E-state index contributed by atoms with van der Waals surface area (Å²) in [6.45, 7) is 7.15. The maximum Gasteiger partial charge on any atom is 0.243 e. The van der Waals surface area contributed by atoms with E-state index in [1.807, 2.05) is 25.1 Å². The van der Waals surface area contributed by atoms with E-state index in [-0.39, 0.29) is 17.7 Å². The number of amides is 2. The van der Waals surface area contributed by atoms with Crippen LogP contribution in [0.3, 0.4) is 0 Å². The van der Waals surface area contributed by atoms with Gasteiger partial charge in [-0.15, -0.1) is 0 Å². The van der Waals surface area contributed by atoms with Gasteiger partial charge in [0.1, 0.15) is 12.1 Å². The number of benzene rings is 1. The van der Waals surface area contributed by atoms with Gasteiger partial charge in [-0.05, 0) is 43.2 Å². The van der Waals surface area contributed by atoms with Crippen molar-refractivity contribution in [2.24, 2.45) is 0 Å². The number of nitrogens with zero attached hydrogens (tertiary/aromatic N) is 2. The van der Waals surface area contributed by atoms with E-state index in [9.17, 15) is 9.59 Å². The Labute approximate surface area is 176 Å². The van der Waals surface area contributed by atoms with Crippen LogP contribution < -0.4 is 10.6 Å². The molecule has 30 heavy (non-hydrogen) atoms. The van der Waals surface area contributed by atoms with E-state index in [1.54, 1.807) is 6.20 Å². The number of fused-ring (bicyclic) bond motifs is 1. The minimum Gasteiger partial charge on any atom is -0.347 e. The molecule has 2 amide bonds. The van der Waals surface area contributed by atoms with Gasteiger partial charge in [-0.2, -0.15) is 0 Å². The summed E-state index contributed by atoms with van der Waals surface area (Å²) >= 11 is 0. The number of rotatable bonds is 6. The largest absolute Gasteiger partial charge is 0.347 e. The number of carbonyl (C=O) groups is 2. The average Bonchev–Trinajstić information content (AvgIpc) is 3.08. The van der Waals surface area contributed by atoms with Crippen LogP contribution in [0.25, 0.3) is 10.9 Å². The second-order valence-corrected chi connectivity index (χ2v) is 8.16. The molecule has 3 heterocycles. The number of nitrogens with one attached hydrogen (secondary N) is 2. The second kappa shape index (κ2) is 8.30. The molecule has 1 aliphatic rings. The predicted octanol–water partition coefficient (Wildman–Crippen LogP) is 3.08. The molecule has 156 valence electrons. The van der Waals surface area contributed by atoms with Crippen LogP contribution in [0.15, 0.2) is 48.8 Å². The predicted molar refractivity (Wildman–Crippen MR) is 117 cm³/mol. The number of hydrogen-bond acceptors (Lipinski definition) is 3. The summed E-state index contributed by atoms with van der Waals surface area (Å²) in [5.41, 5.74) is 4.21. The number of hydrogen-bond donors (Lipinski definition) is 2. The van der Waals surface area contributed by atoms with Gasteiger partial charge >= 0.3 is 0 Å². The van der Waals surface area contributed by atoms with Gasteiger partial charge < -0.3 is 15.2 Å². The molecule has 0 aliphatic carbocycles. The minimum absolute atomic E-state index is 0.146. The topological polar surface area (TPSA) is 76.0 Å². The Morgan fingerprint density at radius 3 is 2.70 bits per heavy atom. The first-order chi connectivity index (χ1) is 14.5. The standard InChI is InChI=1S/C24H28N4O2/c1-4-11-28-14-19(18-12-15(2)8-9-21(18)28)16(3)22-24(30)26-20(23(29)27-22)13-17-7-5-6-10-25-17/h5-10,12,14,16,20,22H,4,11,13H2,1-3H3,(H,26,30)(H,27,29)/t16-,20-,22-/m1/s1. The van der Waals surface area contributed by atoms with E-state index in [1.165, 1.54) is 11.1 Å². The van der Waals surface area contributed by atoms with Crippen LogP contribution in [-0.2, 0) is 22.6 Å². The zero-order chi connectivity index (χ0) is 21.3. The zero-order valence-corrected chi connectivity index (χ0v) is 17.7. The van der Waals surface area contributed by atoms with Crippen molar-refractivity contribution in [1.29, 1.82) is 0 Å². The molecule has 0 unspecified atom stereocenters. The van der Waals surface area contributed by atoms with Crippen molar-refractivity contribution < 1.29 is 9.59 Å². The minimum atomic E-state index is -0.598.